The molecule has 2 aromatic rings. The number of halogens is 2. The van der Waals surface area contributed by atoms with Gasteiger partial charge < -0.3 is 9.84 Å². The van der Waals surface area contributed by atoms with Gasteiger partial charge in [0.15, 0.2) is 6.10 Å². The lowest BCUT2D eigenvalue weighted by Crippen LogP contribution is -2.26. The summed E-state index contributed by atoms with van der Waals surface area (Å²) in [6.07, 6.45) is 0.466. The Morgan fingerprint density at radius 2 is 2.00 bits per heavy atom. The second kappa shape index (κ2) is 7.97. The van der Waals surface area contributed by atoms with Crippen molar-refractivity contribution < 1.29 is 14.6 Å². The normalized spacial score (nSPS) is 12.3. The van der Waals surface area contributed by atoms with Crippen LogP contribution < -0.4 is 5.43 Å². The van der Waals surface area contributed by atoms with Crippen LogP contribution >= 0.6 is 23.2 Å². The Hall–Kier alpha value is -2.08. The van der Waals surface area contributed by atoms with Crippen molar-refractivity contribution in [1.82, 2.24) is 5.43 Å². The van der Waals surface area contributed by atoms with Crippen LogP contribution in [0.1, 0.15) is 17.2 Å². The molecule has 2 N–H and O–H groups in total. The van der Waals surface area contributed by atoms with E-state index in [0.29, 0.717) is 10.6 Å². The number of carbonyl (C=O) groups excluding carboxylic acids is 1. The van der Waals surface area contributed by atoms with Crippen LogP contribution in [0.25, 0.3) is 0 Å². The third-order valence-electron chi connectivity index (χ3n) is 3.01. The first-order chi connectivity index (χ1) is 11.0. The standard InChI is InChI=1S/C16H14Cl2N2O3/c1-23-15(10-5-3-2-4-6-10)16(22)20-19-9-11-7-12(17)8-13(18)14(11)21/h2-9,15,21H,1H3,(H,20,22)/b19-9+. The fraction of sp³-hybridized carbons (Fsp3) is 0.125. The van der Waals surface area contributed by atoms with Gasteiger partial charge >= 0.3 is 0 Å². The van der Waals surface area contributed by atoms with Gasteiger partial charge in [0.1, 0.15) is 5.75 Å². The van der Waals surface area contributed by atoms with Crippen LogP contribution in [0.3, 0.4) is 0 Å². The summed E-state index contributed by atoms with van der Waals surface area (Å²) in [5, 5.41) is 14.0. The fourth-order valence-electron chi connectivity index (χ4n) is 1.93. The zero-order valence-electron chi connectivity index (χ0n) is 12.2. The first-order valence-electron chi connectivity index (χ1n) is 6.61. The Bertz CT molecular complexity index is 721. The first kappa shape index (κ1) is 17.3. The number of nitrogens with zero attached hydrogens (tertiary/aromatic N) is 1. The van der Waals surface area contributed by atoms with Crippen molar-refractivity contribution in [2.45, 2.75) is 6.10 Å². The van der Waals surface area contributed by atoms with Crippen molar-refractivity contribution in [3.63, 3.8) is 0 Å². The molecule has 5 nitrogen and oxygen atoms in total. The summed E-state index contributed by atoms with van der Waals surface area (Å²) in [4.78, 5) is 12.1. The van der Waals surface area contributed by atoms with E-state index in [1.165, 1.54) is 25.5 Å². The molecule has 0 bridgehead atoms. The van der Waals surface area contributed by atoms with Gasteiger partial charge in [0.05, 0.1) is 11.2 Å². The highest BCUT2D eigenvalue weighted by Gasteiger charge is 2.19. The van der Waals surface area contributed by atoms with Crippen molar-refractivity contribution in [2.75, 3.05) is 7.11 Å². The maximum absolute atomic E-state index is 12.1. The molecule has 1 atom stereocenters. The van der Waals surface area contributed by atoms with Gasteiger partial charge in [0.25, 0.3) is 5.91 Å². The summed E-state index contributed by atoms with van der Waals surface area (Å²) in [5.41, 5.74) is 3.35. The summed E-state index contributed by atoms with van der Waals surface area (Å²) in [6.45, 7) is 0. The van der Waals surface area contributed by atoms with E-state index in [1.54, 1.807) is 12.1 Å². The lowest BCUT2D eigenvalue weighted by Gasteiger charge is -2.13. The van der Waals surface area contributed by atoms with E-state index >= 15 is 0 Å². The summed E-state index contributed by atoms with van der Waals surface area (Å²) < 4.78 is 5.19. The molecular weight excluding hydrogens is 339 g/mol. The molecule has 0 aliphatic heterocycles. The molecule has 0 fully saturated rings. The number of carbonyl (C=O) groups is 1. The number of benzene rings is 2. The summed E-state index contributed by atoms with van der Waals surface area (Å²) in [5.74, 6) is -0.608. The van der Waals surface area contributed by atoms with Gasteiger partial charge in [-0.3, -0.25) is 4.79 Å². The Morgan fingerprint density at radius 3 is 2.65 bits per heavy atom. The predicted molar refractivity (Wildman–Crippen MR) is 90.1 cm³/mol. The molecule has 0 saturated carbocycles. The van der Waals surface area contributed by atoms with E-state index < -0.39 is 12.0 Å². The zero-order chi connectivity index (χ0) is 16.8. The van der Waals surface area contributed by atoms with E-state index in [9.17, 15) is 9.90 Å². The van der Waals surface area contributed by atoms with Gasteiger partial charge in [-0.2, -0.15) is 5.10 Å². The predicted octanol–water partition coefficient (Wildman–Crippen LogP) is 3.54. The minimum absolute atomic E-state index is 0.101. The highest BCUT2D eigenvalue weighted by atomic mass is 35.5. The summed E-state index contributed by atoms with van der Waals surface area (Å²) in [6, 6.07) is 11.9. The van der Waals surface area contributed by atoms with Gasteiger partial charge in [0, 0.05) is 17.7 Å². The number of phenols is 1. The van der Waals surface area contributed by atoms with Crippen LogP contribution in [0.5, 0.6) is 5.75 Å². The average Bonchev–Trinajstić information content (AvgIpc) is 2.53. The Balaban J connectivity index is 2.09. The lowest BCUT2D eigenvalue weighted by atomic mass is 10.1. The maximum Gasteiger partial charge on any atom is 0.273 e. The molecule has 0 aromatic heterocycles. The number of hydrogen-bond donors (Lipinski definition) is 2. The number of methoxy groups -OCH3 is 1. The molecule has 23 heavy (non-hydrogen) atoms. The number of nitrogens with one attached hydrogen (secondary N) is 1. The van der Waals surface area contributed by atoms with Crippen LogP contribution in [0.2, 0.25) is 10.0 Å². The van der Waals surface area contributed by atoms with Gasteiger partial charge in [-0.1, -0.05) is 53.5 Å². The Morgan fingerprint density at radius 1 is 1.30 bits per heavy atom. The van der Waals surface area contributed by atoms with Crippen molar-refractivity contribution in [3.05, 3.63) is 63.6 Å². The third kappa shape index (κ3) is 4.45. The molecule has 0 spiro atoms. The van der Waals surface area contributed by atoms with E-state index in [-0.39, 0.29) is 16.3 Å². The molecular formula is C16H14Cl2N2O3. The Kier molecular flexibility index (Phi) is 5.98. The summed E-state index contributed by atoms with van der Waals surface area (Å²) >= 11 is 11.7. The van der Waals surface area contributed by atoms with E-state index in [1.807, 2.05) is 18.2 Å². The molecule has 1 amide bonds. The van der Waals surface area contributed by atoms with Gasteiger partial charge in [-0.15, -0.1) is 0 Å². The molecule has 0 aliphatic rings. The molecule has 120 valence electrons. The van der Waals surface area contributed by atoms with Crippen LogP contribution in [0, 0.1) is 0 Å². The van der Waals surface area contributed by atoms with Crippen LogP contribution in [-0.2, 0) is 9.53 Å². The van der Waals surface area contributed by atoms with Gasteiger partial charge in [-0.25, -0.2) is 5.43 Å². The van der Waals surface area contributed by atoms with Gasteiger partial charge in [-0.05, 0) is 17.7 Å². The summed E-state index contributed by atoms with van der Waals surface area (Å²) in [7, 11) is 1.43. The van der Waals surface area contributed by atoms with E-state index in [4.69, 9.17) is 27.9 Å². The molecule has 0 saturated heterocycles. The van der Waals surface area contributed by atoms with Crippen molar-refractivity contribution >= 4 is 35.3 Å². The largest absolute Gasteiger partial charge is 0.506 e. The molecule has 2 rings (SSSR count). The number of hydrazone groups is 1. The molecule has 1 unspecified atom stereocenters. The molecule has 0 radical (unpaired) electrons. The minimum atomic E-state index is -0.787. The zero-order valence-corrected chi connectivity index (χ0v) is 13.7. The van der Waals surface area contributed by atoms with Crippen molar-refractivity contribution in [2.24, 2.45) is 5.10 Å². The second-order valence-electron chi connectivity index (χ2n) is 4.59. The molecule has 0 heterocycles. The van der Waals surface area contributed by atoms with Crippen molar-refractivity contribution in [1.29, 1.82) is 0 Å². The number of aromatic hydroxyl groups is 1. The number of phenolic OH excluding ortho intramolecular Hbond substituents is 1. The van der Waals surface area contributed by atoms with Gasteiger partial charge in [0.2, 0.25) is 0 Å². The molecule has 0 aliphatic carbocycles. The van der Waals surface area contributed by atoms with E-state index in [0.717, 1.165) is 0 Å². The average molecular weight is 353 g/mol. The molecule has 2 aromatic carbocycles. The number of rotatable bonds is 5. The monoisotopic (exact) mass is 352 g/mol. The van der Waals surface area contributed by atoms with Crippen LogP contribution in [0.15, 0.2) is 47.6 Å². The molecule has 7 heteroatoms. The first-order valence-corrected chi connectivity index (χ1v) is 7.37. The fourth-order valence-corrected chi connectivity index (χ4v) is 2.44. The highest BCUT2D eigenvalue weighted by molar-refractivity contribution is 6.36. The maximum atomic E-state index is 12.1. The van der Waals surface area contributed by atoms with E-state index in [2.05, 4.69) is 10.5 Å². The Labute approximate surface area is 143 Å². The van der Waals surface area contributed by atoms with Crippen LogP contribution in [0.4, 0.5) is 0 Å². The van der Waals surface area contributed by atoms with Crippen LogP contribution in [-0.4, -0.2) is 24.3 Å². The lowest BCUT2D eigenvalue weighted by molar-refractivity contribution is -0.131. The number of ether oxygens (including phenoxy) is 1. The topological polar surface area (TPSA) is 70.9 Å². The van der Waals surface area contributed by atoms with Crippen molar-refractivity contribution in [3.8, 4) is 5.75 Å². The SMILES string of the molecule is COC(C(=O)N/N=C/c1cc(Cl)cc(Cl)c1O)c1ccccc1. The highest BCUT2D eigenvalue weighted by Crippen LogP contribution is 2.29. The minimum Gasteiger partial charge on any atom is -0.506 e. The second-order valence-corrected chi connectivity index (χ2v) is 5.43. The quantitative estimate of drug-likeness (QED) is 0.638. The third-order valence-corrected chi connectivity index (χ3v) is 3.52. The number of amides is 1. The smallest absolute Gasteiger partial charge is 0.273 e. The number of hydrogen-bond acceptors (Lipinski definition) is 4.